The lowest BCUT2D eigenvalue weighted by Gasteiger charge is -2.14. The van der Waals surface area contributed by atoms with Gasteiger partial charge in [0, 0.05) is 23.5 Å². The Bertz CT molecular complexity index is 1000. The van der Waals surface area contributed by atoms with Gasteiger partial charge in [0.15, 0.2) is 18.1 Å². The van der Waals surface area contributed by atoms with E-state index in [1.54, 1.807) is 6.08 Å². The maximum absolute atomic E-state index is 12.2. The van der Waals surface area contributed by atoms with Gasteiger partial charge in [0.2, 0.25) is 6.79 Å². The second-order valence-electron chi connectivity index (χ2n) is 7.77. The van der Waals surface area contributed by atoms with E-state index in [2.05, 4.69) is 29.8 Å². The molecule has 7 nitrogen and oxygen atoms in total. The van der Waals surface area contributed by atoms with Gasteiger partial charge in [-0.1, -0.05) is 6.07 Å². The van der Waals surface area contributed by atoms with Gasteiger partial charge in [0.05, 0.1) is 6.04 Å². The van der Waals surface area contributed by atoms with Gasteiger partial charge in [0.1, 0.15) is 0 Å². The Morgan fingerprint density at radius 3 is 2.77 bits per heavy atom. The lowest BCUT2D eigenvalue weighted by molar-refractivity contribution is -0.144. The van der Waals surface area contributed by atoms with E-state index < -0.39 is 5.97 Å². The number of nitrogens with zero attached hydrogens (tertiary/aromatic N) is 1. The van der Waals surface area contributed by atoms with Crippen molar-refractivity contribution < 1.29 is 23.8 Å². The monoisotopic (exact) mass is 410 g/mol. The third kappa shape index (κ3) is 4.35. The third-order valence-corrected chi connectivity index (χ3v) is 5.45. The minimum Gasteiger partial charge on any atom is -0.454 e. The van der Waals surface area contributed by atoms with Crippen LogP contribution in [0, 0.1) is 13.8 Å². The van der Waals surface area contributed by atoms with Crippen molar-refractivity contribution in [2.75, 3.05) is 13.4 Å². The van der Waals surface area contributed by atoms with Crippen molar-refractivity contribution in [1.29, 1.82) is 0 Å². The SMILES string of the molecule is Cc1cc(/C=C/C(=O)OCC(=O)N[C@@H](C)c2ccc3c(c2)OCO3)c(C)n1C1CC1. The van der Waals surface area contributed by atoms with E-state index in [1.165, 1.54) is 24.6 Å². The second kappa shape index (κ2) is 8.26. The van der Waals surface area contributed by atoms with Gasteiger partial charge in [0.25, 0.3) is 5.91 Å². The molecule has 0 spiro atoms. The zero-order valence-corrected chi connectivity index (χ0v) is 17.4. The van der Waals surface area contributed by atoms with Crippen molar-refractivity contribution in [3.8, 4) is 11.5 Å². The van der Waals surface area contributed by atoms with Gasteiger partial charge in [-0.3, -0.25) is 4.79 Å². The summed E-state index contributed by atoms with van der Waals surface area (Å²) in [5.74, 6) is 0.438. The van der Waals surface area contributed by atoms with Gasteiger partial charge in [-0.15, -0.1) is 0 Å². The van der Waals surface area contributed by atoms with Crippen molar-refractivity contribution >= 4 is 18.0 Å². The summed E-state index contributed by atoms with van der Waals surface area (Å²) in [6, 6.07) is 7.91. The van der Waals surface area contributed by atoms with E-state index >= 15 is 0 Å². The summed E-state index contributed by atoms with van der Waals surface area (Å²) < 4.78 is 18.0. The van der Waals surface area contributed by atoms with Crippen molar-refractivity contribution in [1.82, 2.24) is 9.88 Å². The molecule has 1 N–H and O–H groups in total. The smallest absolute Gasteiger partial charge is 0.331 e. The third-order valence-electron chi connectivity index (χ3n) is 5.45. The van der Waals surface area contributed by atoms with E-state index in [-0.39, 0.29) is 25.3 Å². The quantitative estimate of drug-likeness (QED) is 0.557. The first-order valence-corrected chi connectivity index (χ1v) is 10.1. The number of hydrogen-bond acceptors (Lipinski definition) is 5. The Morgan fingerprint density at radius 1 is 1.23 bits per heavy atom. The molecule has 1 saturated carbocycles. The number of carbonyl (C=O) groups excluding carboxylic acids is 2. The molecule has 1 amide bonds. The second-order valence-corrected chi connectivity index (χ2v) is 7.77. The Morgan fingerprint density at radius 2 is 2.00 bits per heavy atom. The maximum Gasteiger partial charge on any atom is 0.331 e. The van der Waals surface area contributed by atoms with Gasteiger partial charge in [-0.2, -0.15) is 0 Å². The number of rotatable bonds is 7. The summed E-state index contributed by atoms with van der Waals surface area (Å²) in [5, 5.41) is 2.82. The highest BCUT2D eigenvalue weighted by Gasteiger charge is 2.26. The molecule has 2 heterocycles. The molecule has 2 aliphatic rings. The average molecular weight is 410 g/mol. The first-order valence-electron chi connectivity index (χ1n) is 10.1. The van der Waals surface area contributed by atoms with Gasteiger partial charge >= 0.3 is 5.97 Å². The number of aryl methyl sites for hydroxylation is 1. The number of esters is 1. The first kappa shape index (κ1) is 20.1. The number of carbonyl (C=O) groups is 2. The van der Waals surface area contributed by atoms with Crippen molar-refractivity contribution in [2.24, 2.45) is 0 Å². The molecular weight excluding hydrogens is 384 g/mol. The largest absolute Gasteiger partial charge is 0.454 e. The van der Waals surface area contributed by atoms with E-state index in [0.717, 1.165) is 16.8 Å². The first-order chi connectivity index (χ1) is 14.4. The van der Waals surface area contributed by atoms with Crippen LogP contribution in [0.25, 0.3) is 6.08 Å². The summed E-state index contributed by atoms with van der Waals surface area (Å²) in [4.78, 5) is 24.2. The molecule has 1 atom stereocenters. The van der Waals surface area contributed by atoms with Crippen molar-refractivity contribution in [3.05, 3.63) is 52.9 Å². The Balaban J connectivity index is 1.27. The molecule has 0 saturated heterocycles. The summed E-state index contributed by atoms with van der Waals surface area (Å²) in [6.07, 6.45) is 5.53. The van der Waals surface area contributed by atoms with E-state index in [0.29, 0.717) is 17.5 Å². The van der Waals surface area contributed by atoms with E-state index in [4.69, 9.17) is 14.2 Å². The van der Waals surface area contributed by atoms with E-state index in [9.17, 15) is 9.59 Å². The number of aromatic nitrogens is 1. The molecular formula is C23H26N2O5. The number of ether oxygens (including phenoxy) is 3. The van der Waals surface area contributed by atoms with Gasteiger partial charge in [-0.05, 0) is 69.0 Å². The molecule has 4 rings (SSSR count). The van der Waals surface area contributed by atoms with Crippen LogP contribution in [0.15, 0.2) is 30.3 Å². The van der Waals surface area contributed by atoms with Crippen LogP contribution in [0.4, 0.5) is 0 Å². The van der Waals surface area contributed by atoms with Crippen LogP contribution >= 0.6 is 0 Å². The zero-order chi connectivity index (χ0) is 21.3. The molecule has 1 aliphatic heterocycles. The summed E-state index contributed by atoms with van der Waals surface area (Å²) in [5.41, 5.74) is 4.22. The molecule has 1 fully saturated rings. The van der Waals surface area contributed by atoms with Gasteiger partial charge in [-0.25, -0.2) is 4.79 Å². The maximum atomic E-state index is 12.2. The molecule has 1 aromatic carbocycles. The molecule has 1 aromatic heterocycles. The Labute approximate surface area is 175 Å². The number of nitrogens with one attached hydrogen (secondary N) is 1. The minimum atomic E-state index is -0.544. The van der Waals surface area contributed by atoms with Crippen LogP contribution in [0.2, 0.25) is 0 Å². The predicted molar refractivity (Wildman–Crippen MR) is 111 cm³/mol. The molecule has 0 bridgehead atoms. The molecule has 0 unspecified atom stereocenters. The minimum absolute atomic E-state index is 0.202. The Hall–Kier alpha value is -3.22. The predicted octanol–water partition coefficient (Wildman–Crippen LogP) is 3.60. The highest BCUT2D eigenvalue weighted by atomic mass is 16.7. The van der Waals surface area contributed by atoms with Crippen LogP contribution in [-0.2, 0) is 14.3 Å². The molecule has 0 radical (unpaired) electrons. The number of fused-ring (bicyclic) bond motifs is 1. The summed E-state index contributed by atoms with van der Waals surface area (Å²) >= 11 is 0. The van der Waals surface area contributed by atoms with Crippen LogP contribution in [0.1, 0.15) is 54.4 Å². The fourth-order valence-electron chi connectivity index (χ4n) is 3.76. The lowest BCUT2D eigenvalue weighted by atomic mass is 10.1. The molecule has 2 aromatic rings. The van der Waals surface area contributed by atoms with E-state index in [1.807, 2.05) is 25.1 Å². The molecule has 158 valence electrons. The number of amides is 1. The fraction of sp³-hybridized carbons (Fsp3) is 0.391. The van der Waals surface area contributed by atoms with Crippen LogP contribution < -0.4 is 14.8 Å². The standard InChI is InChI=1S/C23H26N2O5/c1-14-10-18(16(3)25(14)19-6-7-19)5-9-23(27)28-12-22(26)24-15(2)17-4-8-20-21(11-17)30-13-29-20/h4-5,8-11,15,19H,6-7,12-13H2,1-3H3,(H,24,26)/b9-5+/t15-/m0/s1. The highest BCUT2D eigenvalue weighted by molar-refractivity contribution is 5.89. The van der Waals surface area contributed by atoms with Gasteiger partial charge < -0.3 is 24.1 Å². The van der Waals surface area contributed by atoms with Crippen molar-refractivity contribution in [3.63, 3.8) is 0 Å². The molecule has 1 aliphatic carbocycles. The fourth-order valence-corrected chi connectivity index (χ4v) is 3.76. The summed E-state index contributed by atoms with van der Waals surface area (Å²) in [7, 11) is 0. The molecule has 30 heavy (non-hydrogen) atoms. The summed E-state index contributed by atoms with van der Waals surface area (Å²) in [6.45, 7) is 5.85. The van der Waals surface area contributed by atoms with Crippen molar-refractivity contribution in [2.45, 2.75) is 45.7 Å². The Kier molecular flexibility index (Phi) is 5.53. The molecule has 7 heteroatoms. The lowest BCUT2D eigenvalue weighted by Crippen LogP contribution is -2.30. The highest BCUT2D eigenvalue weighted by Crippen LogP contribution is 2.38. The number of hydrogen-bond donors (Lipinski definition) is 1. The number of benzene rings is 1. The average Bonchev–Trinajstić information content (AvgIpc) is 3.36. The van der Waals surface area contributed by atoms with Crippen LogP contribution in [0.3, 0.4) is 0 Å². The topological polar surface area (TPSA) is 78.8 Å². The van der Waals surface area contributed by atoms with Crippen LogP contribution in [-0.4, -0.2) is 29.8 Å². The normalized spacial score (nSPS) is 16.0. The van der Waals surface area contributed by atoms with Crippen LogP contribution in [0.5, 0.6) is 11.5 Å². The zero-order valence-electron chi connectivity index (χ0n) is 17.4.